The van der Waals surface area contributed by atoms with Gasteiger partial charge in [-0.2, -0.15) is 0 Å². The van der Waals surface area contributed by atoms with Gasteiger partial charge in [0.25, 0.3) is 0 Å². The number of allylic oxidation sites excluding steroid dienone is 4. The second kappa shape index (κ2) is 14.4. The Bertz CT molecular complexity index is 2810. The van der Waals surface area contributed by atoms with E-state index in [-0.39, 0.29) is 0 Å². The molecular weight excluding hydrogens is 655 g/mol. The molecule has 9 rings (SSSR count). The molecule has 0 N–H and O–H groups in total. The molecule has 0 radical (unpaired) electrons. The summed E-state index contributed by atoms with van der Waals surface area (Å²) < 4.78 is 0. The summed E-state index contributed by atoms with van der Waals surface area (Å²) in [5.74, 6) is 0.670. The first-order valence-electron chi connectivity index (χ1n) is 18.1. The maximum absolute atomic E-state index is 5.10. The van der Waals surface area contributed by atoms with Crippen LogP contribution in [0.25, 0.3) is 94.4 Å². The fraction of sp³-hybridized carbons (Fsp3) is 0. The fourth-order valence-corrected chi connectivity index (χ4v) is 7.45. The normalized spacial score (nSPS) is 11.6. The molecule has 0 aliphatic carbocycles. The zero-order valence-electron chi connectivity index (χ0n) is 29.6. The number of benzene rings is 7. The van der Waals surface area contributed by atoms with Gasteiger partial charge in [-0.15, -0.1) is 0 Å². The van der Waals surface area contributed by atoms with Crippen molar-refractivity contribution in [3.05, 3.63) is 207 Å². The molecule has 0 saturated carbocycles. The maximum atomic E-state index is 5.10. The summed E-state index contributed by atoms with van der Waals surface area (Å²) in [6, 6.07) is 56.1. The Kier molecular flexibility index (Phi) is 8.72. The van der Waals surface area contributed by atoms with Crippen LogP contribution in [-0.2, 0) is 0 Å². The number of pyridine rings is 1. The van der Waals surface area contributed by atoms with Crippen LogP contribution in [0.2, 0.25) is 0 Å². The van der Waals surface area contributed by atoms with E-state index in [1.54, 1.807) is 12.3 Å². The molecule has 0 bridgehead atoms. The van der Waals surface area contributed by atoms with Gasteiger partial charge in [0.05, 0.1) is 11.4 Å². The summed E-state index contributed by atoms with van der Waals surface area (Å²) in [4.78, 5) is 14.4. The van der Waals surface area contributed by atoms with E-state index in [1.165, 1.54) is 49.0 Å². The van der Waals surface area contributed by atoms with Crippen LogP contribution >= 0.6 is 0 Å². The Balaban J connectivity index is 1.16. The molecule has 54 heavy (non-hydrogen) atoms. The second-order valence-corrected chi connectivity index (χ2v) is 13.2. The van der Waals surface area contributed by atoms with Crippen molar-refractivity contribution in [1.29, 1.82) is 0 Å². The largest absolute Gasteiger partial charge is 0.264 e. The van der Waals surface area contributed by atoms with Crippen LogP contribution in [0, 0.1) is 0 Å². The van der Waals surface area contributed by atoms with E-state index in [9.17, 15) is 0 Å². The van der Waals surface area contributed by atoms with Crippen molar-refractivity contribution in [2.24, 2.45) is 0 Å². The van der Waals surface area contributed by atoms with Crippen LogP contribution in [0.15, 0.2) is 201 Å². The van der Waals surface area contributed by atoms with Gasteiger partial charge in [-0.1, -0.05) is 176 Å². The van der Waals surface area contributed by atoms with Crippen molar-refractivity contribution >= 4 is 38.4 Å². The predicted molar refractivity (Wildman–Crippen MR) is 228 cm³/mol. The van der Waals surface area contributed by atoms with Crippen molar-refractivity contribution in [3.63, 3.8) is 0 Å². The lowest BCUT2D eigenvalue weighted by molar-refractivity contribution is 1.16. The van der Waals surface area contributed by atoms with Crippen LogP contribution in [0.1, 0.15) is 5.69 Å². The Labute approximate surface area is 315 Å². The lowest BCUT2D eigenvalue weighted by Crippen LogP contribution is -1.96. The lowest BCUT2D eigenvalue weighted by Gasteiger charge is -2.19. The van der Waals surface area contributed by atoms with E-state index < -0.39 is 0 Å². The van der Waals surface area contributed by atoms with E-state index in [1.807, 2.05) is 42.6 Å². The molecule has 0 aliphatic rings. The average molecular weight is 690 g/mol. The van der Waals surface area contributed by atoms with Gasteiger partial charge >= 0.3 is 0 Å². The molecule has 0 spiro atoms. The van der Waals surface area contributed by atoms with Crippen LogP contribution in [0.3, 0.4) is 0 Å². The maximum Gasteiger partial charge on any atom is 0.160 e. The van der Waals surface area contributed by atoms with Gasteiger partial charge in [0.15, 0.2) is 5.82 Å². The van der Waals surface area contributed by atoms with E-state index in [2.05, 4.69) is 157 Å². The van der Waals surface area contributed by atoms with E-state index in [4.69, 9.17) is 9.97 Å². The third kappa shape index (κ3) is 6.18. The van der Waals surface area contributed by atoms with Crippen LogP contribution < -0.4 is 0 Å². The average Bonchev–Trinajstić information content (AvgIpc) is 3.24. The highest BCUT2D eigenvalue weighted by molar-refractivity contribution is 6.23. The standard InChI is InChI=1S/C51H35N3/c1-2-3-4-5-17-41-33-48(37-26-24-35(25-27-37)40-16-13-32-52-34-40)54-51(53-41)39-30-28-38(29-31-39)49-44-19-8-10-21-46(44)50(47-22-11-9-20-45(47)49)43-23-12-15-36-14-6-7-18-42(36)43/h2-34H,1H2/b4-3-,17-5+. The Morgan fingerprint density at radius 2 is 1.06 bits per heavy atom. The van der Waals surface area contributed by atoms with E-state index in [0.29, 0.717) is 5.82 Å². The van der Waals surface area contributed by atoms with Gasteiger partial charge in [-0.3, -0.25) is 4.98 Å². The highest BCUT2D eigenvalue weighted by Crippen LogP contribution is 2.45. The number of rotatable bonds is 8. The lowest BCUT2D eigenvalue weighted by atomic mass is 9.84. The molecule has 0 atom stereocenters. The molecule has 2 heterocycles. The van der Waals surface area contributed by atoms with Crippen molar-refractivity contribution in [2.75, 3.05) is 0 Å². The topological polar surface area (TPSA) is 38.7 Å². The monoisotopic (exact) mass is 689 g/mol. The Morgan fingerprint density at radius 3 is 1.74 bits per heavy atom. The number of hydrogen-bond acceptors (Lipinski definition) is 3. The van der Waals surface area contributed by atoms with E-state index >= 15 is 0 Å². The summed E-state index contributed by atoms with van der Waals surface area (Å²) in [6.45, 7) is 3.78. The van der Waals surface area contributed by atoms with Crippen LogP contribution in [-0.4, -0.2) is 15.0 Å². The third-order valence-corrected chi connectivity index (χ3v) is 9.97. The van der Waals surface area contributed by atoms with Crippen molar-refractivity contribution in [1.82, 2.24) is 15.0 Å². The molecular formula is C51H35N3. The van der Waals surface area contributed by atoms with E-state index in [0.717, 1.165) is 39.2 Å². The van der Waals surface area contributed by atoms with Crippen molar-refractivity contribution < 1.29 is 0 Å². The van der Waals surface area contributed by atoms with Crippen LogP contribution in [0.5, 0.6) is 0 Å². The number of hydrogen-bond donors (Lipinski definition) is 0. The first-order chi connectivity index (χ1) is 26.7. The van der Waals surface area contributed by atoms with Gasteiger partial charge in [0, 0.05) is 23.5 Å². The van der Waals surface area contributed by atoms with Gasteiger partial charge in [-0.05, 0) is 83.9 Å². The molecule has 254 valence electrons. The van der Waals surface area contributed by atoms with Crippen molar-refractivity contribution in [2.45, 2.75) is 0 Å². The first kappa shape index (κ1) is 32.7. The highest BCUT2D eigenvalue weighted by Gasteiger charge is 2.18. The fourth-order valence-electron chi connectivity index (χ4n) is 7.45. The molecule has 2 aromatic heterocycles. The van der Waals surface area contributed by atoms with Crippen molar-refractivity contribution in [3.8, 4) is 56.0 Å². The smallest absolute Gasteiger partial charge is 0.160 e. The molecule has 0 saturated heterocycles. The quantitative estimate of drug-likeness (QED) is 0.118. The minimum Gasteiger partial charge on any atom is -0.264 e. The number of aromatic nitrogens is 3. The molecule has 0 unspecified atom stereocenters. The second-order valence-electron chi connectivity index (χ2n) is 13.2. The molecule has 0 fully saturated rings. The third-order valence-electron chi connectivity index (χ3n) is 9.97. The Morgan fingerprint density at radius 1 is 0.444 bits per heavy atom. The molecule has 0 aliphatic heterocycles. The van der Waals surface area contributed by atoms with Gasteiger partial charge < -0.3 is 0 Å². The molecule has 9 aromatic rings. The molecule has 7 aromatic carbocycles. The van der Waals surface area contributed by atoms with Gasteiger partial charge in [-0.25, -0.2) is 9.97 Å². The molecule has 3 heteroatoms. The molecule has 0 amide bonds. The Hall–Kier alpha value is -7.23. The number of fused-ring (bicyclic) bond motifs is 3. The van der Waals surface area contributed by atoms with Gasteiger partial charge in [0.1, 0.15) is 0 Å². The first-order valence-corrected chi connectivity index (χ1v) is 18.1. The van der Waals surface area contributed by atoms with Crippen LogP contribution in [0.4, 0.5) is 0 Å². The summed E-state index contributed by atoms with van der Waals surface area (Å²) >= 11 is 0. The summed E-state index contributed by atoms with van der Waals surface area (Å²) in [5.41, 5.74) is 10.7. The molecule has 3 nitrogen and oxygen atoms in total. The number of nitrogens with zero attached hydrogens (tertiary/aromatic N) is 3. The predicted octanol–water partition coefficient (Wildman–Crippen LogP) is 13.4. The summed E-state index contributed by atoms with van der Waals surface area (Å²) in [6.07, 6.45) is 13.3. The summed E-state index contributed by atoms with van der Waals surface area (Å²) in [7, 11) is 0. The zero-order valence-corrected chi connectivity index (χ0v) is 29.6. The zero-order chi connectivity index (χ0) is 36.3. The minimum absolute atomic E-state index is 0.670. The minimum atomic E-state index is 0.670. The SMILES string of the molecule is C=C/C=C\C=C\c1cc(-c2ccc(-c3cccnc3)cc2)nc(-c2ccc(-c3c4ccccc4c(-c4cccc5ccccc45)c4ccccc34)cc2)n1. The van der Waals surface area contributed by atoms with Gasteiger partial charge in [0.2, 0.25) is 0 Å². The highest BCUT2D eigenvalue weighted by atomic mass is 14.9. The summed E-state index contributed by atoms with van der Waals surface area (Å²) in [5, 5.41) is 7.41.